The first-order valence-electron chi connectivity index (χ1n) is 2.27. The number of hydrogen-bond acceptors (Lipinski definition) is 2. The van der Waals surface area contributed by atoms with Crippen LogP contribution in [0.5, 0.6) is 0 Å². The Kier molecular flexibility index (Phi) is 3.61. The first kappa shape index (κ1) is 6.63. The summed E-state index contributed by atoms with van der Waals surface area (Å²) in [5.41, 5.74) is 0. The molecule has 41 valence electrons. The quantitative estimate of drug-likeness (QED) is 0.499. The fourth-order valence-corrected chi connectivity index (χ4v) is 0.269. The summed E-state index contributed by atoms with van der Waals surface area (Å²) in [6.45, 7) is 0.809. The highest BCUT2D eigenvalue weighted by molar-refractivity contribution is 5.50. The molecule has 0 rings (SSSR count). The molecule has 2 nitrogen and oxygen atoms in total. The second kappa shape index (κ2) is 3.81. The van der Waals surface area contributed by atoms with Crippen molar-refractivity contribution in [2.24, 2.45) is 0 Å². The average Bonchev–Trinajstić information content (AvgIpc) is 1.61. The van der Waals surface area contributed by atoms with Gasteiger partial charge in [-0.15, -0.1) is 0 Å². The van der Waals surface area contributed by atoms with Gasteiger partial charge in [-0.1, -0.05) is 0 Å². The highest BCUT2D eigenvalue weighted by atomic mass is 16.1. The molecule has 7 heavy (non-hydrogen) atoms. The molecule has 0 aromatic carbocycles. The maximum Gasteiger partial charge on any atom is 0.199 e. The first-order valence-corrected chi connectivity index (χ1v) is 2.27. The predicted octanol–water partition coefficient (Wildman–Crippen LogP) is 0.0478. The minimum atomic E-state index is 0.521. The van der Waals surface area contributed by atoms with E-state index in [2.05, 4.69) is 0 Å². The Morgan fingerprint density at radius 1 is 1.57 bits per heavy atom. The summed E-state index contributed by atoms with van der Waals surface area (Å²) >= 11 is 0. The molecule has 2 heteroatoms. The van der Waals surface area contributed by atoms with Crippen molar-refractivity contribution >= 4 is 6.29 Å². The summed E-state index contributed by atoms with van der Waals surface area (Å²) in [6, 6.07) is 0. The van der Waals surface area contributed by atoms with E-state index < -0.39 is 0 Å². The standard InChI is InChI=1S/C5H10NO/c1-6(2)4-3-5-7/h3-4H2,1-2H3. The zero-order valence-corrected chi connectivity index (χ0v) is 4.77. The molecule has 0 aliphatic rings. The third-order valence-electron chi connectivity index (χ3n) is 0.661. The lowest BCUT2D eigenvalue weighted by Gasteiger charge is -2.03. The lowest BCUT2D eigenvalue weighted by Crippen LogP contribution is -2.12. The van der Waals surface area contributed by atoms with Gasteiger partial charge in [-0.2, -0.15) is 0 Å². The third-order valence-corrected chi connectivity index (χ3v) is 0.661. The van der Waals surface area contributed by atoms with Crippen LogP contribution in [-0.2, 0) is 4.79 Å². The smallest absolute Gasteiger partial charge is 0.199 e. The summed E-state index contributed by atoms with van der Waals surface area (Å²) in [5.74, 6) is 0. The maximum atomic E-state index is 9.56. The minimum Gasteiger partial charge on any atom is -0.309 e. The molecule has 0 unspecified atom stereocenters. The van der Waals surface area contributed by atoms with Crippen LogP contribution in [0.25, 0.3) is 0 Å². The molecule has 0 heterocycles. The van der Waals surface area contributed by atoms with Crippen molar-refractivity contribution < 1.29 is 4.79 Å². The van der Waals surface area contributed by atoms with E-state index in [-0.39, 0.29) is 0 Å². The Hall–Kier alpha value is -0.370. The van der Waals surface area contributed by atoms with E-state index in [4.69, 9.17) is 0 Å². The van der Waals surface area contributed by atoms with E-state index in [0.29, 0.717) is 6.42 Å². The van der Waals surface area contributed by atoms with Crippen LogP contribution < -0.4 is 0 Å². The topological polar surface area (TPSA) is 20.3 Å². The van der Waals surface area contributed by atoms with Crippen molar-refractivity contribution in [1.82, 2.24) is 4.90 Å². The Balaban J connectivity index is 2.81. The first-order chi connectivity index (χ1) is 3.27. The molecule has 1 radical (unpaired) electrons. The van der Waals surface area contributed by atoms with Crippen LogP contribution in [0.3, 0.4) is 0 Å². The molecular weight excluding hydrogens is 90.1 g/mol. The molecular formula is C5H10NO. The molecule has 0 aliphatic carbocycles. The number of hydrogen-bond donors (Lipinski definition) is 0. The van der Waals surface area contributed by atoms with E-state index in [0.717, 1.165) is 6.54 Å². The van der Waals surface area contributed by atoms with Crippen LogP contribution in [0.4, 0.5) is 0 Å². The molecule has 0 saturated carbocycles. The average molecular weight is 100 g/mol. The molecule has 0 aromatic heterocycles. The summed E-state index contributed by atoms with van der Waals surface area (Å²) in [7, 11) is 3.86. The van der Waals surface area contributed by atoms with E-state index in [1.165, 1.54) is 0 Å². The van der Waals surface area contributed by atoms with Crippen molar-refractivity contribution in [1.29, 1.82) is 0 Å². The molecule has 0 atom stereocenters. The lowest BCUT2D eigenvalue weighted by molar-refractivity contribution is 0.416. The Morgan fingerprint density at radius 3 is 2.29 bits per heavy atom. The highest BCUT2D eigenvalue weighted by Gasteiger charge is 1.84. The van der Waals surface area contributed by atoms with Crippen LogP contribution >= 0.6 is 0 Å². The van der Waals surface area contributed by atoms with Crippen molar-refractivity contribution in [2.75, 3.05) is 20.6 Å². The van der Waals surface area contributed by atoms with E-state index in [1.807, 2.05) is 25.3 Å². The van der Waals surface area contributed by atoms with E-state index in [1.54, 1.807) is 0 Å². The van der Waals surface area contributed by atoms with Crippen LogP contribution in [0.2, 0.25) is 0 Å². The van der Waals surface area contributed by atoms with Gasteiger partial charge in [-0.05, 0) is 14.1 Å². The van der Waals surface area contributed by atoms with Gasteiger partial charge < -0.3 is 4.90 Å². The van der Waals surface area contributed by atoms with E-state index in [9.17, 15) is 4.79 Å². The summed E-state index contributed by atoms with van der Waals surface area (Å²) in [6.07, 6.45) is 2.33. The second-order valence-electron chi connectivity index (χ2n) is 1.70. The number of nitrogens with zero attached hydrogens (tertiary/aromatic N) is 1. The Labute approximate surface area is 44.1 Å². The van der Waals surface area contributed by atoms with Gasteiger partial charge in [0, 0.05) is 13.0 Å². The molecule has 0 amide bonds. The van der Waals surface area contributed by atoms with Crippen molar-refractivity contribution in [3.8, 4) is 0 Å². The van der Waals surface area contributed by atoms with Gasteiger partial charge in [0.15, 0.2) is 6.29 Å². The van der Waals surface area contributed by atoms with Gasteiger partial charge in [-0.25, -0.2) is 0 Å². The molecule has 0 bridgehead atoms. The Bertz CT molecular complexity index is 52.0. The fourth-order valence-electron chi connectivity index (χ4n) is 0.269. The molecule has 0 aromatic rings. The fraction of sp³-hybridized carbons (Fsp3) is 0.800. The third kappa shape index (κ3) is 5.63. The molecule has 0 fully saturated rings. The molecule has 0 saturated heterocycles. The van der Waals surface area contributed by atoms with Gasteiger partial charge in [0.1, 0.15) is 0 Å². The van der Waals surface area contributed by atoms with Gasteiger partial charge in [0.2, 0.25) is 0 Å². The van der Waals surface area contributed by atoms with Gasteiger partial charge >= 0.3 is 0 Å². The van der Waals surface area contributed by atoms with Gasteiger partial charge in [0.25, 0.3) is 0 Å². The van der Waals surface area contributed by atoms with Crippen LogP contribution in [0.15, 0.2) is 0 Å². The second-order valence-corrected chi connectivity index (χ2v) is 1.70. The van der Waals surface area contributed by atoms with Crippen LogP contribution in [-0.4, -0.2) is 31.8 Å². The van der Waals surface area contributed by atoms with Crippen LogP contribution in [0.1, 0.15) is 6.42 Å². The zero-order valence-electron chi connectivity index (χ0n) is 4.77. The molecule has 0 N–H and O–H groups in total. The SMILES string of the molecule is CN(C)CC[C]=O. The normalized spacial score (nSPS) is 9.57. The minimum absolute atomic E-state index is 0.521. The van der Waals surface area contributed by atoms with Crippen LogP contribution in [0, 0.1) is 0 Å². The maximum absolute atomic E-state index is 9.56. The van der Waals surface area contributed by atoms with Crippen molar-refractivity contribution in [3.05, 3.63) is 0 Å². The van der Waals surface area contributed by atoms with Crippen molar-refractivity contribution in [3.63, 3.8) is 0 Å². The Morgan fingerprint density at radius 2 is 2.14 bits per heavy atom. The van der Waals surface area contributed by atoms with Gasteiger partial charge in [0.05, 0.1) is 0 Å². The number of rotatable bonds is 3. The largest absolute Gasteiger partial charge is 0.309 e. The monoisotopic (exact) mass is 100 g/mol. The molecule has 0 aliphatic heterocycles. The zero-order chi connectivity index (χ0) is 5.70. The van der Waals surface area contributed by atoms with E-state index >= 15 is 0 Å². The summed E-state index contributed by atoms with van der Waals surface area (Å²) in [5, 5.41) is 0. The highest BCUT2D eigenvalue weighted by Crippen LogP contribution is 1.74. The molecule has 0 spiro atoms. The predicted molar refractivity (Wildman–Crippen MR) is 28.9 cm³/mol. The summed E-state index contributed by atoms with van der Waals surface area (Å²) < 4.78 is 0. The summed E-state index contributed by atoms with van der Waals surface area (Å²) in [4.78, 5) is 11.5. The number of carbonyl (C=O) groups excluding carboxylic acids is 1. The lowest BCUT2D eigenvalue weighted by atomic mass is 10.4. The van der Waals surface area contributed by atoms with Crippen molar-refractivity contribution in [2.45, 2.75) is 6.42 Å². The van der Waals surface area contributed by atoms with Gasteiger partial charge in [-0.3, -0.25) is 4.79 Å².